The number of methoxy groups -OCH3 is 1. The Morgan fingerprint density at radius 3 is 2.72 bits per heavy atom. The third kappa shape index (κ3) is 2.02. The van der Waals surface area contributed by atoms with E-state index in [4.69, 9.17) is 22.1 Å². The van der Waals surface area contributed by atoms with Crippen molar-refractivity contribution in [1.82, 2.24) is 9.78 Å². The summed E-state index contributed by atoms with van der Waals surface area (Å²) >= 11 is 6.06. The Morgan fingerprint density at radius 2 is 2.22 bits per heavy atom. The number of aromatic nitrogens is 2. The molecule has 0 spiro atoms. The van der Waals surface area contributed by atoms with Gasteiger partial charge in [-0.15, -0.1) is 0 Å². The number of ether oxygens (including phenoxy) is 1. The van der Waals surface area contributed by atoms with E-state index in [0.717, 1.165) is 11.4 Å². The predicted molar refractivity (Wildman–Crippen MR) is 70.6 cm³/mol. The first kappa shape index (κ1) is 12.7. The van der Waals surface area contributed by atoms with Gasteiger partial charge >= 0.3 is 0 Å². The van der Waals surface area contributed by atoms with Crippen LogP contribution in [0.15, 0.2) is 23.0 Å². The van der Waals surface area contributed by atoms with Crippen LogP contribution in [0, 0.1) is 6.92 Å². The second-order valence-corrected chi connectivity index (χ2v) is 4.27. The average Bonchev–Trinajstić information content (AvgIpc) is 2.64. The summed E-state index contributed by atoms with van der Waals surface area (Å²) in [4.78, 5) is 11.7. The molecule has 0 aliphatic carbocycles. The molecule has 1 aromatic carbocycles. The average molecular weight is 268 g/mol. The third-order valence-corrected chi connectivity index (χ3v) is 3.15. The molecule has 0 unspecified atom stereocenters. The van der Waals surface area contributed by atoms with E-state index in [0.29, 0.717) is 16.3 Å². The Labute approximate surface area is 109 Å². The summed E-state index contributed by atoms with van der Waals surface area (Å²) in [6.45, 7) is 2.04. The maximum absolute atomic E-state index is 11.7. The van der Waals surface area contributed by atoms with Crippen molar-refractivity contribution in [3.05, 3.63) is 44.8 Å². The third-order valence-electron chi connectivity index (χ3n) is 2.86. The fraction of sp³-hybridized carbons (Fsp3) is 0.250. The van der Waals surface area contributed by atoms with Crippen LogP contribution in [-0.2, 0) is 6.54 Å². The van der Waals surface area contributed by atoms with Crippen LogP contribution >= 0.6 is 11.6 Å². The van der Waals surface area contributed by atoms with Crippen LogP contribution < -0.4 is 16.0 Å². The van der Waals surface area contributed by atoms with E-state index in [-0.39, 0.29) is 12.1 Å². The minimum atomic E-state index is -0.179. The van der Waals surface area contributed by atoms with Crippen LogP contribution in [0.1, 0.15) is 11.3 Å². The molecule has 0 aliphatic heterocycles. The van der Waals surface area contributed by atoms with Gasteiger partial charge in [0.15, 0.2) is 0 Å². The number of benzene rings is 1. The molecular weight excluding hydrogens is 254 g/mol. The van der Waals surface area contributed by atoms with Crippen molar-refractivity contribution >= 4 is 11.6 Å². The quantitative estimate of drug-likeness (QED) is 0.887. The molecule has 2 rings (SSSR count). The Bertz CT molecular complexity index is 631. The largest absolute Gasteiger partial charge is 0.495 e. The minimum absolute atomic E-state index is 0.179. The van der Waals surface area contributed by atoms with Crippen LogP contribution in [0.25, 0.3) is 5.69 Å². The Morgan fingerprint density at radius 1 is 1.50 bits per heavy atom. The Kier molecular flexibility index (Phi) is 3.45. The predicted octanol–water partition coefficient (Wildman–Crippen LogP) is 1.59. The fourth-order valence-electron chi connectivity index (χ4n) is 1.85. The highest BCUT2D eigenvalue weighted by atomic mass is 35.5. The van der Waals surface area contributed by atoms with Crippen molar-refractivity contribution in [3.8, 4) is 11.4 Å². The van der Waals surface area contributed by atoms with Crippen molar-refractivity contribution in [2.45, 2.75) is 13.5 Å². The number of aromatic amines is 1. The number of halogens is 1. The smallest absolute Gasteiger partial charge is 0.269 e. The zero-order valence-corrected chi connectivity index (χ0v) is 10.9. The van der Waals surface area contributed by atoms with Gasteiger partial charge in [0.1, 0.15) is 5.75 Å². The summed E-state index contributed by atoms with van der Waals surface area (Å²) in [5.74, 6) is 0.589. The maximum atomic E-state index is 11.7. The van der Waals surface area contributed by atoms with Crippen LogP contribution in [0.3, 0.4) is 0 Å². The van der Waals surface area contributed by atoms with E-state index in [9.17, 15) is 4.79 Å². The molecule has 2 aromatic rings. The van der Waals surface area contributed by atoms with Crippen LogP contribution in [0.5, 0.6) is 5.75 Å². The first-order chi connectivity index (χ1) is 8.58. The highest BCUT2D eigenvalue weighted by Crippen LogP contribution is 2.26. The van der Waals surface area contributed by atoms with Crippen molar-refractivity contribution < 1.29 is 4.74 Å². The number of hydrogen-bond donors (Lipinski definition) is 2. The van der Waals surface area contributed by atoms with Gasteiger partial charge in [-0.05, 0) is 25.1 Å². The summed E-state index contributed by atoms with van der Waals surface area (Å²) in [6.07, 6.45) is 0. The second-order valence-electron chi connectivity index (χ2n) is 3.86. The lowest BCUT2D eigenvalue weighted by Gasteiger charge is -2.08. The van der Waals surface area contributed by atoms with Crippen LogP contribution in [-0.4, -0.2) is 16.9 Å². The van der Waals surface area contributed by atoms with Gasteiger partial charge in [0.2, 0.25) is 0 Å². The number of hydrogen-bond acceptors (Lipinski definition) is 3. The topological polar surface area (TPSA) is 73.0 Å². The molecule has 1 heterocycles. The summed E-state index contributed by atoms with van der Waals surface area (Å²) < 4.78 is 6.75. The number of H-pyrrole nitrogens is 1. The number of nitrogens with zero attached hydrogens (tertiary/aromatic N) is 1. The molecule has 0 amide bonds. The van der Waals surface area contributed by atoms with E-state index < -0.39 is 0 Å². The van der Waals surface area contributed by atoms with Gasteiger partial charge in [0.25, 0.3) is 5.56 Å². The van der Waals surface area contributed by atoms with E-state index in [1.54, 1.807) is 23.9 Å². The lowest BCUT2D eigenvalue weighted by Crippen LogP contribution is -2.10. The van der Waals surface area contributed by atoms with Gasteiger partial charge in [-0.25, -0.2) is 0 Å². The Hall–Kier alpha value is -1.72. The minimum Gasteiger partial charge on any atom is -0.495 e. The van der Waals surface area contributed by atoms with Gasteiger partial charge in [0.05, 0.1) is 23.4 Å². The maximum Gasteiger partial charge on any atom is 0.269 e. The van der Waals surface area contributed by atoms with E-state index in [1.165, 1.54) is 0 Å². The highest BCUT2D eigenvalue weighted by Gasteiger charge is 2.11. The van der Waals surface area contributed by atoms with Crippen molar-refractivity contribution in [2.24, 2.45) is 5.73 Å². The zero-order valence-electron chi connectivity index (χ0n) is 10.2. The summed E-state index contributed by atoms with van der Waals surface area (Å²) in [5.41, 5.74) is 7.47. The standard InChI is InChI=1S/C12H14ClN3O2/c1-7-9(6-14)12(17)15-16(7)8-3-4-11(18-2)10(13)5-8/h3-5H,6,14H2,1-2H3,(H,15,17). The normalized spacial score (nSPS) is 10.7. The monoisotopic (exact) mass is 267 g/mol. The number of rotatable bonds is 3. The molecule has 0 saturated carbocycles. The molecule has 3 N–H and O–H groups in total. The van der Waals surface area contributed by atoms with E-state index >= 15 is 0 Å². The molecule has 18 heavy (non-hydrogen) atoms. The molecule has 0 fully saturated rings. The van der Waals surface area contributed by atoms with Gasteiger partial charge < -0.3 is 10.5 Å². The molecule has 0 aliphatic rings. The summed E-state index contributed by atoms with van der Waals surface area (Å²) in [6, 6.07) is 5.29. The number of nitrogens with one attached hydrogen (secondary N) is 1. The first-order valence-electron chi connectivity index (χ1n) is 5.43. The van der Waals surface area contributed by atoms with Crippen molar-refractivity contribution in [1.29, 1.82) is 0 Å². The summed E-state index contributed by atoms with van der Waals surface area (Å²) in [5, 5.41) is 3.21. The molecule has 5 nitrogen and oxygen atoms in total. The zero-order chi connectivity index (χ0) is 13.3. The molecule has 6 heteroatoms. The van der Waals surface area contributed by atoms with Crippen LogP contribution in [0.2, 0.25) is 5.02 Å². The molecular formula is C12H14ClN3O2. The van der Waals surface area contributed by atoms with Crippen LogP contribution in [0.4, 0.5) is 0 Å². The summed E-state index contributed by atoms with van der Waals surface area (Å²) in [7, 11) is 1.55. The van der Waals surface area contributed by atoms with Gasteiger partial charge in [-0.3, -0.25) is 14.6 Å². The molecule has 0 bridgehead atoms. The SMILES string of the molecule is COc1ccc(-n2[nH]c(=O)c(CN)c2C)cc1Cl. The fourth-order valence-corrected chi connectivity index (χ4v) is 2.10. The second kappa shape index (κ2) is 4.88. The Balaban J connectivity index is 2.56. The highest BCUT2D eigenvalue weighted by molar-refractivity contribution is 6.32. The molecule has 0 atom stereocenters. The van der Waals surface area contributed by atoms with E-state index in [1.807, 2.05) is 13.0 Å². The molecule has 0 radical (unpaired) electrons. The van der Waals surface area contributed by atoms with E-state index in [2.05, 4.69) is 5.10 Å². The van der Waals surface area contributed by atoms with Gasteiger partial charge in [-0.2, -0.15) is 0 Å². The van der Waals surface area contributed by atoms with Crippen molar-refractivity contribution in [3.63, 3.8) is 0 Å². The van der Waals surface area contributed by atoms with Gasteiger partial charge in [-0.1, -0.05) is 11.6 Å². The molecule has 0 saturated heterocycles. The van der Waals surface area contributed by atoms with Gasteiger partial charge in [0, 0.05) is 12.2 Å². The van der Waals surface area contributed by atoms with Crippen molar-refractivity contribution in [2.75, 3.05) is 7.11 Å². The molecule has 1 aromatic heterocycles. The number of nitrogens with two attached hydrogens (primary N) is 1. The molecule has 96 valence electrons. The lowest BCUT2D eigenvalue weighted by atomic mass is 10.2. The first-order valence-corrected chi connectivity index (χ1v) is 5.80. The lowest BCUT2D eigenvalue weighted by molar-refractivity contribution is 0.415.